The average Bonchev–Trinajstić information content (AvgIpc) is 3.31. The molecule has 4 rings (SSSR count). The SMILES string of the molecule is COc1cc(N2CC[C@@H](c3cccc(Cl)c3)C2=O)ccc1-c1cnco1. The van der Waals surface area contributed by atoms with Gasteiger partial charge in [-0.25, -0.2) is 4.98 Å². The molecular weight excluding hydrogens is 352 g/mol. The molecule has 2 heterocycles. The summed E-state index contributed by atoms with van der Waals surface area (Å²) < 4.78 is 10.8. The Balaban J connectivity index is 1.63. The van der Waals surface area contributed by atoms with Crippen molar-refractivity contribution in [2.45, 2.75) is 12.3 Å². The summed E-state index contributed by atoms with van der Waals surface area (Å²) in [5.41, 5.74) is 2.56. The van der Waals surface area contributed by atoms with Crippen LogP contribution >= 0.6 is 11.6 Å². The summed E-state index contributed by atoms with van der Waals surface area (Å²) in [6, 6.07) is 13.1. The first-order valence-corrected chi connectivity index (χ1v) is 8.69. The van der Waals surface area contributed by atoms with Crippen LogP contribution in [0, 0.1) is 0 Å². The Bertz CT molecular complexity index is 940. The Morgan fingerprint density at radius 3 is 2.88 bits per heavy atom. The smallest absolute Gasteiger partial charge is 0.234 e. The van der Waals surface area contributed by atoms with Crippen molar-refractivity contribution in [3.8, 4) is 17.1 Å². The molecular formula is C20H17ClN2O3. The molecule has 26 heavy (non-hydrogen) atoms. The van der Waals surface area contributed by atoms with Crippen LogP contribution in [0.3, 0.4) is 0 Å². The predicted octanol–water partition coefficient (Wildman–Crippen LogP) is 4.52. The summed E-state index contributed by atoms with van der Waals surface area (Å²) in [7, 11) is 1.60. The largest absolute Gasteiger partial charge is 0.496 e. The van der Waals surface area contributed by atoms with E-state index in [1.807, 2.05) is 42.5 Å². The zero-order chi connectivity index (χ0) is 18.1. The van der Waals surface area contributed by atoms with E-state index in [1.165, 1.54) is 6.39 Å². The minimum Gasteiger partial charge on any atom is -0.496 e. The lowest BCUT2D eigenvalue weighted by Crippen LogP contribution is -2.26. The maximum Gasteiger partial charge on any atom is 0.234 e. The molecule has 1 aromatic heterocycles. The van der Waals surface area contributed by atoms with Gasteiger partial charge in [0.1, 0.15) is 5.75 Å². The lowest BCUT2D eigenvalue weighted by molar-refractivity contribution is -0.118. The molecule has 5 nitrogen and oxygen atoms in total. The van der Waals surface area contributed by atoms with Gasteiger partial charge >= 0.3 is 0 Å². The Morgan fingerprint density at radius 2 is 2.15 bits per heavy atom. The third kappa shape index (κ3) is 2.95. The third-order valence-electron chi connectivity index (χ3n) is 4.65. The number of benzene rings is 2. The van der Waals surface area contributed by atoms with E-state index in [9.17, 15) is 4.79 Å². The topological polar surface area (TPSA) is 55.6 Å². The molecule has 0 radical (unpaired) electrons. The van der Waals surface area contributed by atoms with Crippen LogP contribution in [-0.4, -0.2) is 24.5 Å². The van der Waals surface area contributed by atoms with Crippen molar-refractivity contribution in [2.75, 3.05) is 18.6 Å². The number of hydrogen-bond donors (Lipinski definition) is 0. The number of ether oxygens (including phenoxy) is 1. The van der Waals surface area contributed by atoms with E-state index in [0.29, 0.717) is 23.1 Å². The lowest BCUT2D eigenvalue weighted by Gasteiger charge is -2.19. The highest BCUT2D eigenvalue weighted by Crippen LogP contribution is 2.37. The molecule has 0 aliphatic carbocycles. The number of carbonyl (C=O) groups excluding carboxylic acids is 1. The van der Waals surface area contributed by atoms with Crippen molar-refractivity contribution in [3.63, 3.8) is 0 Å². The molecule has 132 valence electrons. The third-order valence-corrected chi connectivity index (χ3v) is 4.89. The second kappa shape index (κ2) is 6.84. The van der Waals surface area contributed by atoms with Gasteiger partial charge < -0.3 is 14.1 Å². The quantitative estimate of drug-likeness (QED) is 0.679. The highest BCUT2D eigenvalue weighted by Gasteiger charge is 2.34. The van der Waals surface area contributed by atoms with Crippen molar-refractivity contribution in [1.29, 1.82) is 0 Å². The maximum atomic E-state index is 12.9. The summed E-state index contributed by atoms with van der Waals surface area (Å²) in [5.74, 6) is 1.16. The summed E-state index contributed by atoms with van der Waals surface area (Å²) in [6.45, 7) is 0.654. The summed E-state index contributed by atoms with van der Waals surface area (Å²) in [5, 5.41) is 0.645. The number of anilines is 1. The molecule has 0 saturated carbocycles. The van der Waals surface area contributed by atoms with E-state index in [1.54, 1.807) is 18.2 Å². The summed E-state index contributed by atoms with van der Waals surface area (Å²) >= 11 is 6.07. The number of nitrogens with zero attached hydrogens (tertiary/aromatic N) is 2. The molecule has 2 aromatic carbocycles. The zero-order valence-electron chi connectivity index (χ0n) is 14.2. The van der Waals surface area contributed by atoms with Gasteiger partial charge in [-0.15, -0.1) is 0 Å². The van der Waals surface area contributed by atoms with E-state index in [-0.39, 0.29) is 11.8 Å². The Kier molecular flexibility index (Phi) is 4.39. The van der Waals surface area contributed by atoms with E-state index < -0.39 is 0 Å². The van der Waals surface area contributed by atoms with Gasteiger partial charge in [-0.3, -0.25) is 4.79 Å². The molecule has 1 aliphatic rings. The number of oxazole rings is 1. The van der Waals surface area contributed by atoms with Gasteiger partial charge in [-0.05, 0) is 36.2 Å². The number of halogens is 1. The van der Waals surface area contributed by atoms with Crippen LogP contribution in [0.15, 0.2) is 59.5 Å². The van der Waals surface area contributed by atoms with Crippen LogP contribution in [0.25, 0.3) is 11.3 Å². The second-order valence-electron chi connectivity index (χ2n) is 6.14. The number of carbonyl (C=O) groups is 1. The number of amides is 1. The van der Waals surface area contributed by atoms with Crippen molar-refractivity contribution >= 4 is 23.2 Å². The van der Waals surface area contributed by atoms with E-state index in [4.69, 9.17) is 20.8 Å². The number of methoxy groups -OCH3 is 1. The molecule has 1 fully saturated rings. The van der Waals surface area contributed by atoms with Gasteiger partial charge in [0.2, 0.25) is 5.91 Å². The van der Waals surface area contributed by atoms with Crippen LogP contribution < -0.4 is 9.64 Å². The van der Waals surface area contributed by atoms with Gasteiger partial charge in [0.05, 0.1) is 24.8 Å². The standard InChI is InChI=1S/C20H17ClN2O3/c1-25-18-10-15(5-6-17(18)19-11-22-12-26-19)23-8-7-16(20(23)24)13-3-2-4-14(21)9-13/h2-6,9-12,16H,7-8H2,1H3/t16-/m0/s1. The van der Waals surface area contributed by atoms with E-state index in [0.717, 1.165) is 23.2 Å². The van der Waals surface area contributed by atoms with Crippen molar-refractivity contribution < 1.29 is 13.9 Å². The van der Waals surface area contributed by atoms with Crippen molar-refractivity contribution in [3.05, 3.63) is 65.6 Å². The molecule has 0 unspecified atom stereocenters. The minimum absolute atomic E-state index is 0.0711. The molecule has 1 atom stereocenters. The van der Waals surface area contributed by atoms with Crippen LogP contribution in [-0.2, 0) is 4.79 Å². The normalized spacial score (nSPS) is 16.9. The highest BCUT2D eigenvalue weighted by molar-refractivity contribution is 6.30. The number of rotatable bonds is 4. The Morgan fingerprint density at radius 1 is 1.27 bits per heavy atom. The zero-order valence-corrected chi connectivity index (χ0v) is 14.9. The summed E-state index contributed by atoms with van der Waals surface area (Å²) in [6.07, 6.45) is 3.77. The van der Waals surface area contributed by atoms with Crippen molar-refractivity contribution in [1.82, 2.24) is 4.98 Å². The van der Waals surface area contributed by atoms with Crippen LogP contribution in [0.4, 0.5) is 5.69 Å². The Labute approximate surface area is 156 Å². The Hall–Kier alpha value is -2.79. The lowest BCUT2D eigenvalue weighted by atomic mass is 9.98. The average molecular weight is 369 g/mol. The van der Waals surface area contributed by atoms with Gasteiger partial charge in [-0.2, -0.15) is 0 Å². The van der Waals surface area contributed by atoms with Crippen molar-refractivity contribution in [2.24, 2.45) is 0 Å². The first-order valence-electron chi connectivity index (χ1n) is 8.31. The van der Waals surface area contributed by atoms with Gasteiger partial charge in [0, 0.05) is 23.3 Å². The van der Waals surface area contributed by atoms with E-state index >= 15 is 0 Å². The van der Waals surface area contributed by atoms with E-state index in [2.05, 4.69) is 4.98 Å². The molecule has 1 amide bonds. The highest BCUT2D eigenvalue weighted by atomic mass is 35.5. The van der Waals surface area contributed by atoms with Crippen LogP contribution in [0.5, 0.6) is 5.75 Å². The fourth-order valence-electron chi connectivity index (χ4n) is 3.37. The van der Waals surface area contributed by atoms with Crippen LogP contribution in [0.2, 0.25) is 5.02 Å². The molecule has 0 bridgehead atoms. The summed E-state index contributed by atoms with van der Waals surface area (Å²) in [4.78, 5) is 18.7. The molecule has 6 heteroatoms. The maximum absolute atomic E-state index is 12.9. The number of hydrogen-bond acceptors (Lipinski definition) is 4. The van der Waals surface area contributed by atoms with Gasteiger partial charge in [-0.1, -0.05) is 23.7 Å². The van der Waals surface area contributed by atoms with Gasteiger partial charge in [0.15, 0.2) is 12.2 Å². The van der Waals surface area contributed by atoms with Gasteiger partial charge in [0.25, 0.3) is 0 Å². The molecule has 0 N–H and O–H groups in total. The second-order valence-corrected chi connectivity index (χ2v) is 6.57. The monoisotopic (exact) mass is 368 g/mol. The molecule has 1 saturated heterocycles. The molecule has 3 aromatic rings. The van der Waals surface area contributed by atoms with Crippen LogP contribution in [0.1, 0.15) is 17.9 Å². The minimum atomic E-state index is -0.173. The fourth-order valence-corrected chi connectivity index (χ4v) is 3.57. The predicted molar refractivity (Wildman–Crippen MR) is 99.7 cm³/mol. The molecule has 0 spiro atoms. The number of aromatic nitrogens is 1. The fraction of sp³-hybridized carbons (Fsp3) is 0.200. The first kappa shape index (κ1) is 16.7. The first-order chi connectivity index (χ1) is 12.7. The molecule has 1 aliphatic heterocycles.